The molecule has 0 aromatic carbocycles. The molecule has 6 nitrogen and oxygen atoms in total. The van der Waals surface area contributed by atoms with E-state index in [1.807, 2.05) is 0 Å². The predicted octanol–water partition coefficient (Wildman–Crippen LogP) is 0.918. The number of carbonyl (C=O) groups excluding carboxylic acids is 1. The van der Waals surface area contributed by atoms with Crippen molar-refractivity contribution in [3.8, 4) is 0 Å². The van der Waals surface area contributed by atoms with E-state index in [1.165, 1.54) is 12.8 Å². The zero-order valence-electron chi connectivity index (χ0n) is 11.3. The Kier molecular flexibility index (Phi) is 4.63. The lowest BCUT2D eigenvalue weighted by Crippen LogP contribution is -2.47. The molecule has 1 heterocycles. The first-order chi connectivity index (χ1) is 9.11. The molecule has 2 N–H and O–H groups in total. The number of carboxylic acids is 1. The van der Waals surface area contributed by atoms with Crippen LogP contribution in [0.1, 0.15) is 25.7 Å². The number of methoxy groups -OCH3 is 1. The Morgan fingerprint density at radius 1 is 1.32 bits per heavy atom. The quantitative estimate of drug-likeness (QED) is 0.778. The van der Waals surface area contributed by atoms with E-state index in [0.717, 1.165) is 0 Å². The standard InChI is InChI=1S/C13H22N2O4/c1-19-11(9-2-3-9)8-14-13(18)15-6-4-10(5-7-15)12(16)17/h9-11H,2-8H2,1H3,(H,14,18)(H,16,17). The van der Waals surface area contributed by atoms with Crippen LogP contribution in [-0.2, 0) is 9.53 Å². The van der Waals surface area contributed by atoms with Crippen molar-refractivity contribution in [2.24, 2.45) is 11.8 Å². The molecule has 0 radical (unpaired) electrons. The molecular weight excluding hydrogens is 248 g/mol. The van der Waals surface area contributed by atoms with E-state index in [1.54, 1.807) is 12.0 Å². The lowest BCUT2D eigenvalue weighted by Gasteiger charge is -2.30. The van der Waals surface area contributed by atoms with E-state index >= 15 is 0 Å². The number of hydrogen-bond acceptors (Lipinski definition) is 3. The molecule has 0 spiro atoms. The summed E-state index contributed by atoms with van der Waals surface area (Å²) < 4.78 is 5.35. The SMILES string of the molecule is COC(CNC(=O)N1CCC(C(=O)O)CC1)C1CC1. The Labute approximate surface area is 113 Å². The minimum absolute atomic E-state index is 0.105. The number of piperidine rings is 1. The van der Waals surface area contributed by atoms with Crippen LogP contribution >= 0.6 is 0 Å². The van der Waals surface area contributed by atoms with Crippen LogP contribution in [0.4, 0.5) is 4.79 Å². The van der Waals surface area contributed by atoms with Gasteiger partial charge in [0.1, 0.15) is 0 Å². The van der Waals surface area contributed by atoms with Crippen LogP contribution in [0, 0.1) is 11.8 Å². The Morgan fingerprint density at radius 3 is 2.42 bits per heavy atom. The number of aliphatic carboxylic acids is 1. The van der Waals surface area contributed by atoms with Crippen LogP contribution in [-0.4, -0.2) is 54.9 Å². The Morgan fingerprint density at radius 2 is 1.95 bits per heavy atom. The molecule has 6 heteroatoms. The number of carbonyl (C=O) groups is 2. The Bertz CT molecular complexity index is 336. The van der Waals surface area contributed by atoms with E-state index in [0.29, 0.717) is 38.4 Å². The van der Waals surface area contributed by atoms with Gasteiger partial charge < -0.3 is 20.1 Å². The van der Waals surface area contributed by atoms with Crippen molar-refractivity contribution >= 4 is 12.0 Å². The van der Waals surface area contributed by atoms with Crippen molar-refractivity contribution in [2.75, 3.05) is 26.7 Å². The Balaban J connectivity index is 1.70. The number of nitrogens with zero attached hydrogens (tertiary/aromatic N) is 1. The average Bonchev–Trinajstić information content (AvgIpc) is 3.24. The third-order valence-corrected chi connectivity index (χ3v) is 4.04. The van der Waals surface area contributed by atoms with E-state index in [9.17, 15) is 9.59 Å². The number of nitrogens with one attached hydrogen (secondary N) is 1. The molecule has 1 unspecified atom stereocenters. The molecule has 2 amide bonds. The van der Waals surface area contributed by atoms with Gasteiger partial charge in [-0.15, -0.1) is 0 Å². The first-order valence-corrected chi connectivity index (χ1v) is 6.90. The van der Waals surface area contributed by atoms with Gasteiger partial charge in [0.2, 0.25) is 0 Å². The van der Waals surface area contributed by atoms with E-state index in [4.69, 9.17) is 9.84 Å². The fourth-order valence-electron chi connectivity index (χ4n) is 2.54. The van der Waals surface area contributed by atoms with Crippen LogP contribution in [0.3, 0.4) is 0 Å². The molecule has 1 aliphatic carbocycles. The van der Waals surface area contributed by atoms with Crippen molar-refractivity contribution in [1.82, 2.24) is 10.2 Å². The molecular formula is C13H22N2O4. The molecule has 0 aromatic heterocycles. The predicted molar refractivity (Wildman–Crippen MR) is 68.9 cm³/mol. The van der Waals surface area contributed by atoms with Gasteiger partial charge in [-0.25, -0.2) is 4.79 Å². The summed E-state index contributed by atoms with van der Waals surface area (Å²) >= 11 is 0. The van der Waals surface area contributed by atoms with Gasteiger partial charge in [-0.3, -0.25) is 4.79 Å². The van der Waals surface area contributed by atoms with E-state index < -0.39 is 5.97 Å². The number of rotatable bonds is 5. The molecule has 2 rings (SSSR count). The highest BCUT2D eigenvalue weighted by Gasteiger charge is 2.32. The maximum atomic E-state index is 11.9. The highest BCUT2D eigenvalue weighted by molar-refractivity contribution is 5.75. The van der Waals surface area contributed by atoms with Gasteiger partial charge in [0.05, 0.1) is 12.0 Å². The summed E-state index contributed by atoms with van der Waals surface area (Å²) in [5, 5.41) is 11.8. The van der Waals surface area contributed by atoms with Gasteiger partial charge in [-0.1, -0.05) is 0 Å². The second kappa shape index (κ2) is 6.23. The first kappa shape index (κ1) is 14.1. The van der Waals surface area contributed by atoms with Crippen LogP contribution in [0.2, 0.25) is 0 Å². The first-order valence-electron chi connectivity index (χ1n) is 6.90. The minimum Gasteiger partial charge on any atom is -0.481 e. The summed E-state index contributed by atoms with van der Waals surface area (Å²) in [5.41, 5.74) is 0. The third-order valence-electron chi connectivity index (χ3n) is 4.04. The number of urea groups is 1. The summed E-state index contributed by atoms with van der Waals surface area (Å²) in [7, 11) is 1.67. The van der Waals surface area contributed by atoms with Gasteiger partial charge >= 0.3 is 12.0 Å². The highest BCUT2D eigenvalue weighted by Crippen LogP contribution is 2.33. The zero-order chi connectivity index (χ0) is 13.8. The normalized spacial score (nSPS) is 22.1. The summed E-state index contributed by atoms with van der Waals surface area (Å²) in [6.07, 6.45) is 3.55. The smallest absolute Gasteiger partial charge is 0.317 e. The van der Waals surface area contributed by atoms with Gasteiger partial charge in [-0.05, 0) is 31.6 Å². The fraction of sp³-hybridized carbons (Fsp3) is 0.846. The summed E-state index contributed by atoms with van der Waals surface area (Å²) in [4.78, 5) is 24.5. The van der Waals surface area contributed by atoms with Crippen molar-refractivity contribution < 1.29 is 19.4 Å². The van der Waals surface area contributed by atoms with Crippen LogP contribution in [0.15, 0.2) is 0 Å². The maximum absolute atomic E-state index is 11.9. The lowest BCUT2D eigenvalue weighted by atomic mass is 9.97. The largest absolute Gasteiger partial charge is 0.481 e. The van der Waals surface area contributed by atoms with Crippen LogP contribution in [0.5, 0.6) is 0 Å². The molecule has 0 aromatic rings. The molecule has 0 bridgehead atoms. The molecule has 1 saturated carbocycles. The summed E-state index contributed by atoms with van der Waals surface area (Å²) in [6.45, 7) is 1.58. The number of ether oxygens (including phenoxy) is 1. The highest BCUT2D eigenvalue weighted by atomic mass is 16.5. The molecule has 1 aliphatic heterocycles. The van der Waals surface area contributed by atoms with Crippen LogP contribution in [0.25, 0.3) is 0 Å². The second-order valence-corrected chi connectivity index (χ2v) is 5.40. The lowest BCUT2D eigenvalue weighted by molar-refractivity contribution is -0.143. The maximum Gasteiger partial charge on any atom is 0.317 e. The number of likely N-dealkylation sites (tertiary alicyclic amines) is 1. The van der Waals surface area contributed by atoms with Crippen molar-refractivity contribution in [2.45, 2.75) is 31.8 Å². The van der Waals surface area contributed by atoms with Gasteiger partial charge in [0, 0.05) is 26.7 Å². The van der Waals surface area contributed by atoms with Gasteiger partial charge in [0.25, 0.3) is 0 Å². The Hall–Kier alpha value is -1.30. The van der Waals surface area contributed by atoms with Crippen molar-refractivity contribution in [3.05, 3.63) is 0 Å². The number of amides is 2. The topological polar surface area (TPSA) is 78.9 Å². The molecule has 1 saturated heterocycles. The van der Waals surface area contributed by atoms with Crippen molar-refractivity contribution in [3.63, 3.8) is 0 Å². The average molecular weight is 270 g/mol. The van der Waals surface area contributed by atoms with Gasteiger partial charge in [0.15, 0.2) is 0 Å². The van der Waals surface area contributed by atoms with Crippen LogP contribution < -0.4 is 5.32 Å². The second-order valence-electron chi connectivity index (χ2n) is 5.40. The minimum atomic E-state index is -0.756. The molecule has 1 atom stereocenters. The number of hydrogen-bond donors (Lipinski definition) is 2. The molecule has 19 heavy (non-hydrogen) atoms. The number of carboxylic acid groups (broad SMARTS) is 1. The fourth-order valence-corrected chi connectivity index (χ4v) is 2.54. The molecule has 2 aliphatic rings. The zero-order valence-corrected chi connectivity index (χ0v) is 11.3. The summed E-state index contributed by atoms with van der Waals surface area (Å²) in [6, 6.07) is -0.105. The van der Waals surface area contributed by atoms with Gasteiger partial charge in [-0.2, -0.15) is 0 Å². The van der Waals surface area contributed by atoms with E-state index in [2.05, 4.69) is 5.32 Å². The van der Waals surface area contributed by atoms with Crippen molar-refractivity contribution in [1.29, 1.82) is 0 Å². The molecule has 108 valence electrons. The summed E-state index contributed by atoms with van der Waals surface area (Å²) in [5.74, 6) is -0.474. The third kappa shape index (κ3) is 3.83. The van der Waals surface area contributed by atoms with E-state index in [-0.39, 0.29) is 18.1 Å². The molecule has 2 fully saturated rings. The monoisotopic (exact) mass is 270 g/mol.